The third-order valence-corrected chi connectivity index (χ3v) is 5.89. The average molecular weight is 305 g/mol. The van der Waals surface area contributed by atoms with E-state index in [4.69, 9.17) is 0 Å². The molecule has 1 aromatic heterocycles. The molecule has 0 amide bonds. The summed E-state index contributed by atoms with van der Waals surface area (Å²) in [7, 11) is 2.02. The molecule has 16 heavy (non-hydrogen) atoms. The Bertz CT molecular complexity index is 323. The minimum absolute atomic E-state index is 0.419. The lowest BCUT2D eigenvalue weighted by molar-refractivity contribution is 0.359. The molecule has 1 rings (SSSR count). The van der Waals surface area contributed by atoms with Crippen molar-refractivity contribution in [1.82, 2.24) is 9.78 Å². The zero-order valence-corrected chi connectivity index (χ0v) is 13.0. The van der Waals surface area contributed by atoms with Crippen LogP contribution in [0.2, 0.25) is 0 Å². The fourth-order valence-corrected chi connectivity index (χ4v) is 4.33. The topological polar surface area (TPSA) is 17.8 Å². The van der Waals surface area contributed by atoms with Gasteiger partial charge in [0.05, 0.1) is 10.7 Å². The van der Waals surface area contributed by atoms with E-state index in [9.17, 15) is 0 Å². The molecule has 1 aromatic rings. The van der Waals surface area contributed by atoms with E-state index >= 15 is 0 Å². The first-order valence-electron chi connectivity index (χ1n) is 5.76. The molecule has 2 nitrogen and oxygen atoms in total. The second-order valence-electron chi connectivity index (χ2n) is 4.38. The SMILES string of the molecule is CCC(CC)(CBr)CSc1cc(C)nn1C. The Morgan fingerprint density at radius 1 is 1.44 bits per heavy atom. The van der Waals surface area contributed by atoms with Crippen molar-refractivity contribution in [3.8, 4) is 0 Å². The van der Waals surface area contributed by atoms with Gasteiger partial charge in [-0.3, -0.25) is 4.68 Å². The minimum Gasteiger partial charge on any atom is -0.262 e. The monoisotopic (exact) mass is 304 g/mol. The van der Waals surface area contributed by atoms with Crippen LogP contribution >= 0.6 is 27.7 Å². The third-order valence-electron chi connectivity index (χ3n) is 3.27. The van der Waals surface area contributed by atoms with Gasteiger partial charge in [0, 0.05) is 18.1 Å². The first-order valence-corrected chi connectivity index (χ1v) is 7.87. The van der Waals surface area contributed by atoms with Gasteiger partial charge in [-0.15, -0.1) is 11.8 Å². The molecule has 0 aliphatic rings. The highest BCUT2D eigenvalue weighted by Crippen LogP contribution is 2.35. The van der Waals surface area contributed by atoms with E-state index in [-0.39, 0.29) is 0 Å². The van der Waals surface area contributed by atoms with Crippen molar-refractivity contribution < 1.29 is 0 Å². The van der Waals surface area contributed by atoms with Crippen molar-refractivity contribution in [2.75, 3.05) is 11.1 Å². The van der Waals surface area contributed by atoms with Crippen LogP contribution in [0.1, 0.15) is 32.4 Å². The van der Waals surface area contributed by atoms with Crippen molar-refractivity contribution in [2.24, 2.45) is 12.5 Å². The van der Waals surface area contributed by atoms with E-state index in [2.05, 4.69) is 40.9 Å². The molecule has 0 fully saturated rings. The third kappa shape index (κ3) is 3.27. The Morgan fingerprint density at radius 3 is 2.44 bits per heavy atom. The normalized spacial score (nSPS) is 12.1. The van der Waals surface area contributed by atoms with E-state index in [1.54, 1.807) is 0 Å². The smallest absolute Gasteiger partial charge is 0.0939 e. The Morgan fingerprint density at radius 2 is 2.06 bits per heavy atom. The molecule has 0 saturated carbocycles. The number of nitrogens with zero attached hydrogens (tertiary/aromatic N) is 2. The van der Waals surface area contributed by atoms with Crippen LogP contribution in [-0.4, -0.2) is 20.9 Å². The van der Waals surface area contributed by atoms with Crippen LogP contribution in [0.4, 0.5) is 0 Å². The Kier molecular flexibility index (Phi) is 5.38. The lowest BCUT2D eigenvalue weighted by Crippen LogP contribution is -2.24. The number of rotatable bonds is 6. The first-order chi connectivity index (χ1) is 7.56. The molecular formula is C12H21BrN2S. The van der Waals surface area contributed by atoms with Gasteiger partial charge in [-0.05, 0) is 31.2 Å². The maximum atomic E-state index is 4.37. The van der Waals surface area contributed by atoms with Crippen LogP contribution in [-0.2, 0) is 7.05 Å². The number of aryl methyl sites for hydroxylation is 2. The molecule has 0 bridgehead atoms. The quantitative estimate of drug-likeness (QED) is 0.583. The maximum Gasteiger partial charge on any atom is 0.0939 e. The summed E-state index contributed by atoms with van der Waals surface area (Å²) in [5.74, 6) is 1.16. The van der Waals surface area contributed by atoms with Gasteiger partial charge in [-0.25, -0.2) is 0 Å². The highest BCUT2D eigenvalue weighted by molar-refractivity contribution is 9.09. The van der Waals surface area contributed by atoms with Crippen LogP contribution in [0.25, 0.3) is 0 Å². The molecular weight excluding hydrogens is 284 g/mol. The van der Waals surface area contributed by atoms with Gasteiger partial charge in [0.2, 0.25) is 0 Å². The van der Waals surface area contributed by atoms with Gasteiger partial charge in [0.1, 0.15) is 0 Å². The number of hydrogen-bond donors (Lipinski definition) is 0. The number of halogens is 1. The summed E-state index contributed by atoms with van der Waals surface area (Å²) in [6.07, 6.45) is 2.44. The molecule has 0 aliphatic heterocycles. The van der Waals surface area contributed by atoms with Gasteiger partial charge in [-0.2, -0.15) is 5.10 Å². The summed E-state index contributed by atoms with van der Waals surface area (Å²) in [5, 5.41) is 6.72. The zero-order chi connectivity index (χ0) is 12.2. The van der Waals surface area contributed by atoms with Crippen molar-refractivity contribution in [3.63, 3.8) is 0 Å². The molecule has 4 heteroatoms. The number of thioether (sulfide) groups is 1. The van der Waals surface area contributed by atoms with E-state index in [1.165, 1.54) is 17.9 Å². The highest BCUT2D eigenvalue weighted by atomic mass is 79.9. The van der Waals surface area contributed by atoms with Crippen molar-refractivity contribution in [2.45, 2.75) is 38.6 Å². The van der Waals surface area contributed by atoms with E-state index in [1.807, 2.05) is 30.4 Å². The van der Waals surface area contributed by atoms with E-state index in [0.29, 0.717) is 5.41 Å². The zero-order valence-electron chi connectivity index (χ0n) is 10.6. The van der Waals surface area contributed by atoms with Crippen molar-refractivity contribution in [1.29, 1.82) is 0 Å². The molecule has 1 heterocycles. The van der Waals surface area contributed by atoms with Crippen LogP contribution in [0.3, 0.4) is 0 Å². The molecule has 0 N–H and O–H groups in total. The maximum absolute atomic E-state index is 4.37. The minimum atomic E-state index is 0.419. The second kappa shape index (κ2) is 6.10. The molecule has 0 aromatic carbocycles. The summed E-state index contributed by atoms with van der Waals surface area (Å²) < 4.78 is 1.98. The lowest BCUT2D eigenvalue weighted by Gasteiger charge is -2.28. The second-order valence-corrected chi connectivity index (χ2v) is 5.93. The van der Waals surface area contributed by atoms with Crippen molar-refractivity contribution >= 4 is 27.7 Å². The number of aromatic nitrogens is 2. The van der Waals surface area contributed by atoms with Crippen LogP contribution in [0.5, 0.6) is 0 Å². The molecule has 0 atom stereocenters. The van der Waals surface area contributed by atoms with Gasteiger partial charge in [0.25, 0.3) is 0 Å². The molecule has 0 radical (unpaired) electrons. The van der Waals surface area contributed by atoms with Crippen LogP contribution < -0.4 is 0 Å². The fourth-order valence-electron chi connectivity index (χ4n) is 1.63. The molecule has 0 aliphatic carbocycles. The predicted octanol–water partition coefficient (Wildman–Crippen LogP) is 4.02. The van der Waals surface area contributed by atoms with Gasteiger partial charge < -0.3 is 0 Å². The van der Waals surface area contributed by atoms with Gasteiger partial charge in [-0.1, -0.05) is 29.8 Å². The van der Waals surface area contributed by atoms with E-state index < -0.39 is 0 Å². The van der Waals surface area contributed by atoms with E-state index in [0.717, 1.165) is 16.8 Å². The summed E-state index contributed by atoms with van der Waals surface area (Å²) in [4.78, 5) is 0. The van der Waals surface area contributed by atoms with Crippen molar-refractivity contribution in [3.05, 3.63) is 11.8 Å². The Hall–Kier alpha value is 0.0400. The molecule has 0 saturated heterocycles. The van der Waals surface area contributed by atoms with Gasteiger partial charge in [0.15, 0.2) is 0 Å². The number of alkyl halides is 1. The Labute approximate surface area is 111 Å². The predicted molar refractivity (Wildman–Crippen MR) is 75.5 cm³/mol. The largest absolute Gasteiger partial charge is 0.262 e. The van der Waals surface area contributed by atoms with Crippen LogP contribution in [0, 0.1) is 12.3 Å². The number of hydrogen-bond acceptors (Lipinski definition) is 2. The van der Waals surface area contributed by atoms with Crippen LogP contribution in [0.15, 0.2) is 11.1 Å². The molecule has 0 spiro atoms. The standard InChI is InChI=1S/C12H21BrN2S/c1-5-12(6-2,8-13)9-16-11-7-10(3)14-15(11)4/h7H,5-6,8-9H2,1-4H3. The average Bonchev–Trinajstić information content (AvgIpc) is 2.60. The first kappa shape index (κ1) is 14.1. The van der Waals surface area contributed by atoms with Gasteiger partial charge >= 0.3 is 0 Å². The Balaban J connectivity index is 2.65. The lowest BCUT2D eigenvalue weighted by atomic mass is 9.87. The molecule has 92 valence electrons. The summed E-state index contributed by atoms with van der Waals surface area (Å²) in [6.45, 7) is 6.60. The highest BCUT2D eigenvalue weighted by Gasteiger charge is 2.25. The summed E-state index contributed by atoms with van der Waals surface area (Å²) >= 11 is 5.57. The fraction of sp³-hybridized carbons (Fsp3) is 0.750. The summed E-state index contributed by atoms with van der Waals surface area (Å²) in [6, 6.07) is 2.16. The summed E-state index contributed by atoms with van der Waals surface area (Å²) in [5.41, 5.74) is 1.52. The molecule has 0 unspecified atom stereocenters.